The third kappa shape index (κ3) is 3.84. The monoisotopic (exact) mass is 222 g/mol. The van der Waals surface area contributed by atoms with Crippen molar-refractivity contribution in [3.8, 4) is 0 Å². The fourth-order valence-corrected chi connectivity index (χ4v) is 2.27. The van der Waals surface area contributed by atoms with Gasteiger partial charge in [0.05, 0.1) is 0 Å². The molecule has 90 valence electrons. The van der Waals surface area contributed by atoms with E-state index in [9.17, 15) is 4.79 Å². The van der Waals surface area contributed by atoms with Gasteiger partial charge in [0.15, 0.2) is 0 Å². The zero-order valence-corrected chi connectivity index (χ0v) is 10.2. The van der Waals surface area contributed by atoms with Crippen LogP contribution in [-0.2, 0) is 9.53 Å². The average Bonchev–Trinajstić information content (AvgIpc) is 2.34. The van der Waals surface area contributed by atoms with E-state index < -0.39 is 0 Å². The minimum Gasteiger partial charge on any atom is -0.458 e. The molecule has 0 aromatic rings. The largest absolute Gasteiger partial charge is 0.458 e. The molecule has 0 aliphatic heterocycles. The smallest absolute Gasteiger partial charge is 0.334 e. The minimum absolute atomic E-state index is 0.145. The molecule has 0 saturated heterocycles. The summed E-state index contributed by atoms with van der Waals surface area (Å²) in [7, 11) is 0. The Morgan fingerprint density at radius 3 is 2.62 bits per heavy atom. The summed E-state index contributed by atoms with van der Waals surface area (Å²) in [5.74, 6) is 0.277. The second kappa shape index (κ2) is 7.26. The van der Waals surface area contributed by atoms with Crippen molar-refractivity contribution in [3.63, 3.8) is 0 Å². The van der Waals surface area contributed by atoms with E-state index in [0.717, 1.165) is 24.8 Å². The highest BCUT2D eigenvalue weighted by Gasteiger charge is 2.23. The standard InChI is InChI=1S/C14H22O2/c1-3-8-13(14(15)16-11-4-2)12-9-6-5-7-10-12/h4,8,12H,2-3,5-7,9-11H2,1H3. The minimum atomic E-state index is -0.145. The molecule has 0 radical (unpaired) electrons. The normalized spacial score (nSPS) is 18.2. The van der Waals surface area contributed by atoms with Gasteiger partial charge in [-0.15, -0.1) is 0 Å². The lowest BCUT2D eigenvalue weighted by Gasteiger charge is -2.23. The van der Waals surface area contributed by atoms with Crippen molar-refractivity contribution in [2.45, 2.75) is 45.4 Å². The van der Waals surface area contributed by atoms with Gasteiger partial charge in [-0.1, -0.05) is 44.9 Å². The van der Waals surface area contributed by atoms with E-state index in [0.29, 0.717) is 12.5 Å². The Bertz CT molecular complexity index is 260. The molecule has 0 amide bonds. The predicted octanol–water partition coefficient (Wildman–Crippen LogP) is 3.63. The summed E-state index contributed by atoms with van der Waals surface area (Å²) < 4.78 is 5.13. The molecule has 1 aliphatic rings. The fraction of sp³-hybridized carbons (Fsp3) is 0.643. The molecule has 2 heteroatoms. The summed E-state index contributed by atoms with van der Waals surface area (Å²) in [6.45, 7) is 5.93. The average molecular weight is 222 g/mol. The number of allylic oxidation sites excluding steroid dienone is 1. The molecule has 1 saturated carbocycles. The Hall–Kier alpha value is -1.05. The summed E-state index contributed by atoms with van der Waals surface area (Å²) in [4.78, 5) is 11.9. The van der Waals surface area contributed by atoms with E-state index in [2.05, 4.69) is 13.5 Å². The van der Waals surface area contributed by atoms with Crippen LogP contribution in [0, 0.1) is 5.92 Å². The molecule has 0 aromatic carbocycles. The predicted molar refractivity (Wildman–Crippen MR) is 66.1 cm³/mol. The van der Waals surface area contributed by atoms with Crippen LogP contribution in [0.5, 0.6) is 0 Å². The van der Waals surface area contributed by atoms with Crippen LogP contribution >= 0.6 is 0 Å². The number of ether oxygens (including phenoxy) is 1. The maximum Gasteiger partial charge on any atom is 0.334 e. The van der Waals surface area contributed by atoms with Crippen LogP contribution in [-0.4, -0.2) is 12.6 Å². The van der Waals surface area contributed by atoms with Crippen molar-refractivity contribution < 1.29 is 9.53 Å². The highest BCUT2D eigenvalue weighted by Crippen LogP contribution is 2.30. The Morgan fingerprint density at radius 1 is 1.38 bits per heavy atom. The molecule has 1 fully saturated rings. The van der Waals surface area contributed by atoms with E-state index in [1.165, 1.54) is 19.3 Å². The lowest BCUT2D eigenvalue weighted by molar-refractivity contribution is -0.138. The highest BCUT2D eigenvalue weighted by atomic mass is 16.5. The molecule has 2 nitrogen and oxygen atoms in total. The molecular formula is C14H22O2. The summed E-state index contributed by atoms with van der Waals surface area (Å²) in [5.41, 5.74) is 0.893. The first-order valence-corrected chi connectivity index (χ1v) is 6.27. The van der Waals surface area contributed by atoms with E-state index in [1.54, 1.807) is 6.08 Å². The van der Waals surface area contributed by atoms with Crippen molar-refractivity contribution >= 4 is 5.97 Å². The van der Waals surface area contributed by atoms with Crippen molar-refractivity contribution in [1.82, 2.24) is 0 Å². The van der Waals surface area contributed by atoms with Gasteiger partial charge in [0.1, 0.15) is 6.61 Å². The molecule has 0 heterocycles. The van der Waals surface area contributed by atoms with Gasteiger partial charge in [-0.2, -0.15) is 0 Å². The molecule has 1 rings (SSSR count). The Kier molecular flexibility index (Phi) is 5.91. The molecule has 0 unspecified atom stereocenters. The van der Waals surface area contributed by atoms with Gasteiger partial charge in [0.25, 0.3) is 0 Å². The zero-order valence-electron chi connectivity index (χ0n) is 10.2. The maximum atomic E-state index is 11.9. The number of esters is 1. The van der Waals surface area contributed by atoms with Crippen LogP contribution in [0.25, 0.3) is 0 Å². The fourth-order valence-electron chi connectivity index (χ4n) is 2.27. The van der Waals surface area contributed by atoms with Gasteiger partial charge in [0, 0.05) is 5.57 Å². The third-order valence-electron chi connectivity index (χ3n) is 3.04. The summed E-state index contributed by atoms with van der Waals surface area (Å²) in [6.07, 6.45) is 10.6. The third-order valence-corrected chi connectivity index (χ3v) is 3.04. The first-order chi connectivity index (χ1) is 7.79. The molecule has 0 aromatic heterocycles. The van der Waals surface area contributed by atoms with Gasteiger partial charge in [0.2, 0.25) is 0 Å². The number of hydrogen-bond acceptors (Lipinski definition) is 2. The quantitative estimate of drug-likeness (QED) is 0.403. The van der Waals surface area contributed by atoms with Crippen molar-refractivity contribution in [2.75, 3.05) is 6.61 Å². The van der Waals surface area contributed by atoms with Gasteiger partial charge < -0.3 is 4.74 Å². The highest BCUT2D eigenvalue weighted by molar-refractivity contribution is 5.89. The Balaban J connectivity index is 2.61. The molecule has 0 N–H and O–H groups in total. The number of hydrogen-bond donors (Lipinski definition) is 0. The van der Waals surface area contributed by atoms with E-state index in [-0.39, 0.29) is 5.97 Å². The molecule has 0 bridgehead atoms. The van der Waals surface area contributed by atoms with Gasteiger partial charge in [-0.3, -0.25) is 0 Å². The summed E-state index contributed by atoms with van der Waals surface area (Å²) >= 11 is 0. The van der Waals surface area contributed by atoms with Crippen molar-refractivity contribution in [3.05, 3.63) is 24.3 Å². The first kappa shape index (κ1) is 13.0. The number of rotatable bonds is 5. The van der Waals surface area contributed by atoms with E-state index in [4.69, 9.17) is 4.74 Å². The summed E-state index contributed by atoms with van der Waals surface area (Å²) in [6, 6.07) is 0. The second-order valence-electron chi connectivity index (χ2n) is 4.29. The van der Waals surface area contributed by atoms with E-state index in [1.807, 2.05) is 6.08 Å². The van der Waals surface area contributed by atoms with Gasteiger partial charge >= 0.3 is 5.97 Å². The van der Waals surface area contributed by atoms with Gasteiger partial charge in [-0.25, -0.2) is 4.79 Å². The lowest BCUT2D eigenvalue weighted by Crippen LogP contribution is -2.18. The summed E-state index contributed by atoms with van der Waals surface area (Å²) in [5, 5.41) is 0. The second-order valence-corrected chi connectivity index (χ2v) is 4.29. The van der Waals surface area contributed by atoms with Crippen LogP contribution in [0.3, 0.4) is 0 Å². The van der Waals surface area contributed by atoms with Gasteiger partial charge in [-0.05, 0) is 25.2 Å². The van der Waals surface area contributed by atoms with Crippen LogP contribution in [0.1, 0.15) is 45.4 Å². The number of carbonyl (C=O) groups is 1. The Labute approximate surface area is 98.4 Å². The van der Waals surface area contributed by atoms with Crippen LogP contribution in [0.15, 0.2) is 24.3 Å². The van der Waals surface area contributed by atoms with Crippen LogP contribution in [0.4, 0.5) is 0 Å². The molecule has 0 atom stereocenters. The Morgan fingerprint density at radius 2 is 2.06 bits per heavy atom. The van der Waals surface area contributed by atoms with Crippen LogP contribution in [0.2, 0.25) is 0 Å². The van der Waals surface area contributed by atoms with Crippen molar-refractivity contribution in [1.29, 1.82) is 0 Å². The SMILES string of the molecule is C=CCOC(=O)C(=CCC)C1CCCCC1. The zero-order chi connectivity index (χ0) is 11.8. The molecular weight excluding hydrogens is 200 g/mol. The first-order valence-electron chi connectivity index (χ1n) is 6.27. The number of carbonyl (C=O) groups excluding carboxylic acids is 1. The maximum absolute atomic E-state index is 11.9. The van der Waals surface area contributed by atoms with E-state index >= 15 is 0 Å². The molecule has 0 spiro atoms. The topological polar surface area (TPSA) is 26.3 Å². The van der Waals surface area contributed by atoms with Crippen LogP contribution < -0.4 is 0 Å². The molecule has 16 heavy (non-hydrogen) atoms. The molecule has 1 aliphatic carbocycles. The van der Waals surface area contributed by atoms with Crippen molar-refractivity contribution in [2.24, 2.45) is 5.92 Å². The lowest BCUT2D eigenvalue weighted by atomic mass is 9.83.